The molecule has 2 aromatic carbocycles. The summed E-state index contributed by atoms with van der Waals surface area (Å²) in [5.41, 5.74) is 4.87. The third kappa shape index (κ3) is 4.04. The van der Waals surface area contributed by atoms with Crippen molar-refractivity contribution < 1.29 is 14.4 Å². The number of aryl methyl sites for hydroxylation is 1. The highest BCUT2D eigenvalue weighted by Crippen LogP contribution is 2.22. The summed E-state index contributed by atoms with van der Waals surface area (Å²) in [6.45, 7) is 1.83. The summed E-state index contributed by atoms with van der Waals surface area (Å²) >= 11 is 6.07. The third-order valence-electron chi connectivity index (χ3n) is 4.57. The number of nitrogens with zero attached hydrogens (tertiary/aromatic N) is 3. The molecule has 0 radical (unpaired) electrons. The molecule has 4 rings (SSSR count). The second-order valence-electron chi connectivity index (χ2n) is 6.83. The molecular formula is C21H18ClN5O3. The molecule has 9 heteroatoms. The maximum atomic E-state index is 12.7. The number of amides is 3. The van der Waals surface area contributed by atoms with Gasteiger partial charge in [-0.25, -0.2) is 9.69 Å². The Morgan fingerprint density at radius 1 is 1.07 bits per heavy atom. The Balaban J connectivity index is 1.54. The molecular weight excluding hydrogens is 406 g/mol. The number of nitrogens with one attached hydrogen (secondary N) is 2. The summed E-state index contributed by atoms with van der Waals surface area (Å²) in [4.78, 5) is 36.3. The van der Waals surface area contributed by atoms with Crippen LogP contribution in [0, 0.1) is 6.92 Å². The van der Waals surface area contributed by atoms with E-state index in [0.29, 0.717) is 22.1 Å². The van der Waals surface area contributed by atoms with Crippen LogP contribution in [0.1, 0.15) is 28.9 Å². The molecule has 2 N–H and O–H groups in total. The first kappa shape index (κ1) is 19.7. The Hall–Kier alpha value is -3.65. The topological polar surface area (TPSA) is 96.3 Å². The summed E-state index contributed by atoms with van der Waals surface area (Å²) in [6.07, 6.45) is 0.330. The standard InChI is InChI=1S/C21H18ClN5O3/c1-13-11-18(26(24-13)17-4-2-3-15(22)12-17)23-21(30)14-5-7-16(8-6-14)27-20(29)10-9-19(28)25-27/h2-8,11-12H,9-10H2,1H3,(H,23,30)(H,25,28). The van der Waals surface area contributed by atoms with Crippen molar-refractivity contribution in [2.45, 2.75) is 19.8 Å². The fraction of sp³-hybridized carbons (Fsp3) is 0.143. The Kier molecular flexibility index (Phi) is 5.24. The number of carbonyl (C=O) groups excluding carboxylic acids is 3. The summed E-state index contributed by atoms with van der Waals surface area (Å²) in [5.74, 6) is -0.255. The normalized spacial score (nSPS) is 13.9. The second kappa shape index (κ2) is 8.00. The maximum Gasteiger partial charge on any atom is 0.256 e. The predicted octanol–water partition coefficient (Wildman–Crippen LogP) is 3.24. The fourth-order valence-electron chi connectivity index (χ4n) is 3.13. The Morgan fingerprint density at radius 3 is 2.57 bits per heavy atom. The number of benzene rings is 2. The van der Waals surface area contributed by atoms with E-state index in [9.17, 15) is 14.4 Å². The van der Waals surface area contributed by atoms with Crippen LogP contribution in [0.4, 0.5) is 11.5 Å². The lowest BCUT2D eigenvalue weighted by Crippen LogP contribution is -2.50. The number of hydrazine groups is 1. The minimum atomic E-state index is -0.335. The van der Waals surface area contributed by atoms with Crippen molar-refractivity contribution >= 4 is 40.8 Å². The molecule has 152 valence electrons. The second-order valence-corrected chi connectivity index (χ2v) is 7.26. The van der Waals surface area contributed by atoms with Gasteiger partial charge in [-0.2, -0.15) is 5.10 Å². The molecule has 8 nitrogen and oxygen atoms in total. The van der Waals surface area contributed by atoms with Crippen LogP contribution >= 0.6 is 11.6 Å². The molecule has 1 saturated heterocycles. The van der Waals surface area contributed by atoms with Gasteiger partial charge in [0.25, 0.3) is 5.91 Å². The molecule has 0 bridgehead atoms. The van der Waals surface area contributed by atoms with Crippen LogP contribution in [0.25, 0.3) is 5.69 Å². The van der Waals surface area contributed by atoms with Crippen molar-refractivity contribution in [1.29, 1.82) is 0 Å². The van der Waals surface area contributed by atoms with Gasteiger partial charge < -0.3 is 5.32 Å². The van der Waals surface area contributed by atoms with Gasteiger partial charge in [-0.15, -0.1) is 0 Å². The van der Waals surface area contributed by atoms with Gasteiger partial charge in [-0.05, 0) is 49.4 Å². The van der Waals surface area contributed by atoms with Crippen LogP contribution in [0.15, 0.2) is 54.6 Å². The molecule has 0 aliphatic carbocycles. The van der Waals surface area contributed by atoms with E-state index in [-0.39, 0.29) is 30.6 Å². The minimum absolute atomic E-state index is 0.154. The van der Waals surface area contributed by atoms with Gasteiger partial charge in [-0.3, -0.25) is 19.8 Å². The SMILES string of the molecule is Cc1cc(NC(=O)c2ccc(N3NC(=O)CCC3=O)cc2)n(-c2cccc(Cl)c2)n1. The summed E-state index contributed by atoms with van der Waals surface area (Å²) in [7, 11) is 0. The van der Waals surface area contributed by atoms with Crippen molar-refractivity contribution in [2.24, 2.45) is 0 Å². The Bertz CT molecular complexity index is 1140. The van der Waals surface area contributed by atoms with E-state index in [1.807, 2.05) is 13.0 Å². The molecule has 30 heavy (non-hydrogen) atoms. The molecule has 0 atom stereocenters. The van der Waals surface area contributed by atoms with E-state index in [2.05, 4.69) is 15.8 Å². The molecule has 1 aliphatic rings. The number of anilines is 2. The van der Waals surface area contributed by atoms with Crippen molar-refractivity contribution in [3.63, 3.8) is 0 Å². The molecule has 1 aromatic heterocycles. The van der Waals surface area contributed by atoms with Crippen molar-refractivity contribution in [2.75, 3.05) is 10.3 Å². The smallest absolute Gasteiger partial charge is 0.256 e. The van der Waals surface area contributed by atoms with Gasteiger partial charge >= 0.3 is 0 Å². The van der Waals surface area contributed by atoms with Crippen molar-refractivity contribution in [3.8, 4) is 5.69 Å². The number of halogens is 1. The Morgan fingerprint density at radius 2 is 1.83 bits per heavy atom. The van der Waals surface area contributed by atoms with Crippen LogP contribution < -0.4 is 15.8 Å². The number of rotatable bonds is 4. The molecule has 2 heterocycles. The summed E-state index contributed by atoms with van der Waals surface area (Å²) in [5, 5.41) is 9.03. The molecule has 3 aromatic rings. The van der Waals surface area contributed by atoms with E-state index >= 15 is 0 Å². The highest BCUT2D eigenvalue weighted by molar-refractivity contribution is 6.30. The van der Waals surface area contributed by atoms with E-state index in [0.717, 1.165) is 11.4 Å². The zero-order chi connectivity index (χ0) is 21.3. The quantitative estimate of drug-likeness (QED) is 0.673. The lowest BCUT2D eigenvalue weighted by molar-refractivity contribution is -0.130. The highest BCUT2D eigenvalue weighted by atomic mass is 35.5. The molecule has 3 amide bonds. The third-order valence-corrected chi connectivity index (χ3v) is 4.80. The van der Waals surface area contributed by atoms with E-state index < -0.39 is 0 Å². The van der Waals surface area contributed by atoms with Gasteiger partial charge in [-0.1, -0.05) is 17.7 Å². The minimum Gasteiger partial charge on any atom is -0.306 e. The van der Waals surface area contributed by atoms with Crippen LogP contribution in [0.5, 0.6) is 0 Å². The first-order chi connectivity index (χ1) is 14.4. The van der Waals surface area contributed by atoms with Gasteiger partial charge in [0.2, 0.25) is 11.8 Å². The van der Waals surface area contributed by atoms with Crippen LogP contribution in [0.2, 0.25) is 5.02 Å². The fourth-order valence-corrected chi connectivity index (χ4v) is 3.31. The van der Waals surface area contributed by atoms with Crippen LogP contribution in [-0.4, -0.2) is 27.5 Å². The van der Waals surface area contributed by atoms with Crippen LogP contribution in [-0.2, 0) is 9.59 Å². The first-order valence-corrected chi connectivity index (χ1v) is 9.65. The molecule has 0 saturated carbocycles. The van der Waals surface area contributed by atoms with E-state index in [4.69, 9.17) is 11.6 Å². The van der Waals surface area contributed by atoms with Gasteiger partial charge in [0.1, 0.15) is 5.82 Å². The lowest BCUT2D eigenvalue weighted by atomic mass is 10.1. The van der Waals surface area contributed by atoms with Gasteiger partial charge in [0, 0.05) is 29.5 Å². The molecule has 1 aliphatic heterocycles. The highest BCUT2D eigenvalue weighted by Gasteiger charge is 2.24. The van der Waals surface area contributed by atoms with E-state index in [1.165, 1.54) is 5.01 Å². The molecule has 0 unspecified atom stereocenters. The van der Waals surface area contributed by atoms with Crippen molar-refractivity contribution in [1.82, 2.24) is 15.2 Å². The van der Waals surface area contributed by atoms with Crippen LogP contribution in [0.3, 0.4) is 0 Å². The average molecular weight is 424 g/mol. The zero-order valence-corrected chi connectivity index (χ0v) is 16.8. The predicted molar refractivity (Wildman–Crippen MR) is 113 cm³/mol. The zero-order valence-electron chi connectivity index (χ0n) is 16.1. The lowest BCUT2D eigenvalue weighted by Gasteiger charge is -2.27. The molecule has 0 spiro atoms. The number of carbonyl (C=O) groups is 3. The number of aromatic nitrogens is 2. The Labute approximate surface area is 177 Å². The first-order valence-electron chi connectivity index (χ1n) is 9.27. The van der Waals surface area contributed by atoms with Gasteiger partial charge in [0.05, 0.1) is 17.1 Å². The van der Waals surface area contributed by atoms with Gasteiger partial charge in [0.15, 0.2) is 0 Å². The number of hydrogen-bond acceptors (Lipinski definition) is 4. The monoisotopic (exact) mass is 423 g/mol. The summed E-state index contributed by atoms with van der Waals surface area (Å²) in [6, 6.07) is 15.3. The summed E-state index contributed by atoms with van der Waals surface area (Å²) < 4.78 is 1.61. The maximum absolute atomic E-state index is 12.7. The largest absolute Gasteiger partial charge is 0.306 e. The average Bonchev–Trinajstić information content (AvgIpc) is 3.10. The number of hydrogen-bond donors (Lipinski definition) is 2. The van der Waals surface area contributed by atoms with E-state index in [1.54, 1.807) is 53.2 Å². The molecule has 1 fully saturated rings. The van der Waals surface area contributed by atoms with Crippen molar-refractivity contribution in [3.05, 3.63) is 70.9 Å².